The van der Waals surface area contributed by atoms with Crippen molar-refractivity contribution in [3.63, 3.8) is 0 Å². The fourth-order valence-electron chi connectivity index (χ4n) is 1.61. The zero-order chi connectivity index (χ0) is 14.0. The van der Waals surface area contributed by atoms with Gasteiger partial charge in [0.05, 0.1) is 5.60 Å². The van der Waals surface area contributed by atoms with Gasteiger partial charge in [-0.2, -0.15) is 0 Å². The van der Waals surface area contributed by atoms with Crippen LogP contribution >= 0.6 is 0 Å². The predicted molar refractivity (Wildman–Crippen MR) is 68.6 cm³/mol. The van der Waals surface area contributed by atoms with Gasteiger partial charge in [-0.1, -0.05) is 13.8 Å². The lowest BCUT2D eigenvalue weighted by Gasteiger charge is -2.30. The molecule has 0 aromatic heterocycles. The van der Waals surface area contributed by atoms with Crippen molar-refractivity contribution >= 4 is 12.0 Å². The van der Waals surface area contributed by atoms with E-state index in [1.165, 1.54) is 0 Å². The Morgan fingerprint density at radius 2 is 1.83 bits per heavy atom. The summed E-state index contributed by atoms with van der Waals surface area (Å²) >= 11 is 0. The molecule has 0 bridgehead atoms. The van der Waals surface area contributed by atoms with Gasteiger partial charge >= 0.3 is 12.0 Å². The molecule has 18 heavy (non-hydrogen) atoms. The van der Waals surface area contributed by atoms with E-state index in [4.69, 9.17) is 9.84 Å². The highest BCUT2D eigenvalue weighted by Crippen LogP contribution is 2.17. The Morgan fingerprint density at radius 3 is 2.28 bits per heavy atom. The van der Waals surface area contributed by atoms with Crippen LogP contribution in [0.5, 0.6) is 0 Å². The minimum atomic E-state index is -0.854. The number of amides is 2. The maximum atomic E-state index is 11.5. The second-order valence-corrected chi connectivity index (χ2v) is 4.20. The molecule has 3 N–H and O–H groups in total. The van der Waals surface area contributed by atoms with Crippen LogP contribution in [-0.4, -0.2) is 42.9 Å². The summed E-state index contributed by atoms with van der Waals surface area (Å²) in [5, 5.41) is 13.8. The van der Waals surface area contributed by atoms with E-state index in [1.807, 2.05) is 13.8 Å². The molecule has 0 atom stereocenters. The first-order valence-electron chi connectivity index (χ1n) is 6.28. The van der Waals surface area contributed by atoms with Gasteiger partial charge in [-0.25, -0.2) is 4.79 Å². The van der Waals surface area contributed by atoms with Gasteiger partial charge in [0.25, 0.3) is 0 Å². The molecule has 0 unspecified atom stereocenters. The Labute approximate surface area is 108 Å². The van der Waals surface area contributed by atoms with E-state index in [2.05, 4.69) is 10.6 Å². The highest BCUT2D eigenvalue weighted by atomic mass is 16.5. The number of carbonyl (C=O) groups is 2. The van der Waals surface area contributed by atoms with Crippen LogP contribution in [0.4, 0.5) is 4.79 Å². The van der Waals surface area contributed by atoms with Crippen LogP contribution < -0.4 is 10.6 Å². The summed E-state index contributed by atoms with van der Waals surface area (Å²) in [7, 11) is 1.64. The van der Waals surface area contributed by atoms with Gasteiger partial charge in [0.2, 0.25) is 0 Å². The summed E-state index contributed by atoms with van der Waals surface area (Å²) in [6.07, 6.45) is 2.13. The zero-order valence-corrected chi connectivity index (χ0v) is 11.4. The fraction of sp³-hybridized carbons (Fsp3) is 0.833. The first-order chi connectivity index (χ1) is 8.49. The number of rotatable bonds is 9. The van der Waals surface area contributed by atoms with Crippen LogP contribution in [0.3, 0.4) is 0 Å². The molecule has 0 heterocycles. The van der Waals surface area contributed by atoms with E-state index in [-0.39, 0.29) is 18.1 Å². The standard InChI is InChI=1S/C12H24N2O4/c1-4-12(5-2,18-3)9-14-11(17)13-8-6-7-10(15)16/h4-9H2,1-3H3,(H,15,16)(H2,13,14,17). The van der Waals surface area contributed by atoms with Crippen molar-refractivity contribution in [3.8, 4) is 0 Å². The van der Waals surface area contributed by atoms with Gasteiger partial charge in [-0.05, 0) is 19.3 Å². The third-order valence-corrected chi connectivity index (χ3v) is 3.15. The summed E-state index contributed by atoms with van der Waals surface area (Å²) in [4.78, 5) is 21.7. The third kappa shape index (κ3) is 6.44. The molecule has 0 aliphatic carbocycles. The molecule has 0 aliphatic rings. The molecular formula is C12H24N2O4. The van der Waals surface area contributed by atoms with E-state index in [0.29, 0.717) is 19.5 Å². The predicted octanol–water partition coefficient (Wildman–Crippen LogP) is 1.36. The Bertz CT molecular complexity index is 257. The first-order valence-corrected chi connectivity index (χ1v) is 6.28. The second kappa shape index (κ2) is 8.74. The minimum Gasteiger partial charge on any atom is -0.481 e. The lowest BCUT2D eigenvalue weighted by atomic mass is 9.97. The molecular weight excluding hydrogens is 236 g/mol. The van der Waals surface area contributed by atoms with Crippen LogP contribution in [0, 0.1) is 0 Å². The Balaban J connectivity index is 3.84. The summed E-state index contributed by atoms with van der Waals surface area (Å²) in [5.74, 6) is -0.854. The molecule has 106 valence electrons. The molecule has 0 fully saturated rings. The van der Waals surface area contributed by atoms with E-state index in [9.17, 15) is 9.59 Å². The Kier molecular flexibility index (Phi) is 8.11. The molecule has 6 heteroatoms. The van der Waals surface area contributed by atoms with E-state index >= 15 is 0 Å². The van der Waals surface area contributed by atoms with Crippen molar-refractivity contribution in [2.75, 3.05) is 20.2 Å². The first kappa shape index (κ1) is 16.7. The van der Waals surface area contributed by atoms with Crippen LogP contribution in [0.2, 0.25) is 0 Å². The largest absolute Gasteiger partial charge is 0.481 e. The minimum absolute atomic E-state index is 0.0617. The van der Waals surface area contributed by atoms with Gasteiger partial charge in [0, 0.05) is 26.6 Å². The van der Waals surface area contributed by atoms with Crippen molar-refractivity contribution in [1.82, 2.24) is 10.6 Å². The van der Waals surface area contributed by atoms with Crippen molar-refractivity contribution < 1.29 is 19.4 Å². The lowest BCUT2D eigenvalue weighted by Crippen LogP contribution is -2.47. The van der Waals surface area contributed by atoms with Crippen LogP contribution in [0.15, 0.2) is 0 Å². The molecule has 0 radical (unpaired) electrons. The fourth-order valence-corrected chi connectivity index (χ4v) is 1.61. The highest BCUT2D eigenvalue weighted by molar-refractivity contribution is 5.74. The maximum Gasteiger partial charge on any atom is 0.314 e. The number of carboxylic acid groups (broad SMARTS) is 1. The second-order valence-electron chi connectivity index (χ2n) is 4.20. The number of urea groups is 1. The molecule has 0 aromatic rings. The third-order valence-electron chi connectivity index (χ3n) is 3.15. The summed E-state index contributed by atoms with van der Waals surface area (Å²) < 4.78 is 5.42. The van der Waals surface area contributed by atoms with Gasteiger partial charge in [-0.15, -0.1) is 0 Å². The number of hydrogen-bond acceptors (Lipinski definition) is 3. The molecule has 2 amide bonds. The van der Waals surface area contributed by atoms with Gasteiger partial charge in [0.15, 0.2) is 0 Å². The van der Waals surface area contributed by atoms with Crippen LogP contribution in [0.1, 0.15) is 39.5 Å². The zero-order valence-electron chi connectivity index (χ0n) is 11.4. The van der Waals surface area contributed by atoms with E-state index < -0.39 is 5.97 Å². The van der Waals surface area contributed by atoms with E-state index in [0.717, 1.165) is 12.8 Å². The van der Waals surface area contributed by atoms with Crippen molar-refractivity contribution in [1.29, 1.82) is 0 Å². The Morgan fingerprint density at radius 1 is 1.22 bits per heavy atom. The number of nitrogens with one attached hydrogen (secondary N) is 2. The highest BCUT2D eigenvalue weighted by Gasteiger charge is 2.25. The van der Waals surface area contributed by atoms with Crippen molar-refractivity contribution in [3.05, 3.63) is 0 Å². The molecule has 0 rings (SSSR count). The summed E-state index contributed by atoms with van der Waals surface area (Å²) in [6.45, 7) is 4.83. The molecule has 0 spiro atoms. The molecule has 0 saturated carbocycles. The monoisotopic (exact) mass is 260 g/mol. The number of methoxy groups -OCH3 is 1. The van der Waals surface area contributed by atoms with Crippen molar-refractivity contribution in [2.45, 2.75) is 45.1 Å². The van der Waals surface area contributed by atoms with E-state index in [1.54, 1.807) is 7.11 Å². The van der Waals surface area contributed by atoms with Crippen molar-refractivity contribution in [2.24, 2.45) is 0 Å². The molecule has 0 aliphatic heterocycles. The average Bonchev–Trinajstić information content (AvgIpc) is 2.37. The quantitative estimate of drug-likeness (QED) is 0.546. The average molecular weight is 260 g/mol. The van der Waals surface area contributed by atoms with Crippen LogP contribution in [-0.2, 0) is 9.53 Å². The lowest BCUT2D eigenvalue weighted by molar-refractivity contribution is -0.137. The van der Waals surface area contributed by atoms with Crippen LogP contribution in [0.25, 0.3) is 0 Å². The maximum absolute atomic E-state index is 11.5. The molecule has 0 saturated heterocycles. The summed E-state index contributed by atoms with van der Waals surface area (Å²) in [6, 6.07) is -0.288. The number of ether oxygens (including phenoxy) is 1. The molecule has 0 aromatic carbocycles. The SMILES string of the molecule is CCC(CC)(CNC(=O)NCCCC(=O)O)OC. The number of hydrogen-bond donors (Lipinski definition) is 3. The Hall–Kier alpha value is -1.30. The normalized spacial score (nSPS) is 11.1. The van der Waals surface area contributed by atoms with Gasteiger partial charge in [0.1, 0.15) is 0 Å². The smallest absolute Gasteiger partial charge is 0.314 e. The number of aliphatic carboxylic acids is 1. The van der Waals surface area contributed by atoms with Gasteiger partial charge in [-0.3, -0.25) is 4.79 Å². The number of carbonyl (C=O) groups excluding carboxylic acids is 1. The summed E-state index contributed by atoms with van der Waals surface area (Å²) in [5.41, 5.74) is -0.321. The topological polar surface area (TPSA) is 87.7 Å². The van der Waals surface area contributed by atoms with Gasteiger partial charge < -0.3 is 20.5 Å². The number of carboxylic acids is 1. The molecule has 6 nitrogen and oxygen atoms in total.